The molecule has 25 heavy (non-hydrogen) atoms. The molecule has 6 heteroatoms. The highest BCUT2D eigenvalue weighted by Gasteiger charge is 2.27. The molecular formula is C19H26FN3O2. The summed E-state index contributed by atoms with van der Waals surface area (Å²) in [4.78, 5) is 28.0. The normalized spacial score (nSPS) is 21.3. The molecule has 2 aliphatic heterocycles. The van der Waals surface area contributed by atoms with Gasteiger partial charge >= 0.3 is 6.03 Å². The molecule has 1 atom stereocenters. The molecule has 136 valence electrons. The quantitative estimate of drug-likeness (QED) is 0.910. The number of amides is 3. The Morgan fingerprint density at radius 2 is 2.08 bits per heavy atom. The molecule has 3 amide bonds. The number of carbonyl (C=O) groups excluding carboxylic acids is 2. The highest BCUT2D eigenvalue weighted by atomic mass is 19.1. The van der Waals surface area contributed by atoms with E-state index in [1.54, 1.807) is 11.0 Å². The number of benzene rings is 1. The number of hydrogen-bond acceptors (Lipinski definition) is 2. The molecule has 0 saturated carbocycles. The van der Waals surface area contributed by atoms with Crippen molar-refractivity contribution < 1.29 is 14.0 Å². The van der Waals surface area contributed by atoms with E-state index in [1.807, 2.05) is 11.0 Å². The second-order valence-corrected chi connectivity index (χ2v) is 6.83. The standard InChI is InChI=1S/C19H26FN3O2/c20-16-7-4-6-15(14-16)17-8-2-1-3-12-23(17)19(25)21-10-13-22-11-5-9-18(22)24/h4,6-7,14,17H,1-3,5,8-13H2,(H,21,25)/t17-/m1/s1. The van der Waals surface area contributed by atoms with Crippen LogP contribution in [0.4, 0.5) is 9.18 Å². The number of likely N-dealkylation sites (tertiary alicyclic amines) is 2. The average Bonchev–Trinajstić information content (AvgIpc) is 2.86. The van der Waals surface area contributed by atoms with E-state index in [0.29, 0.717) is 26.1 Å². The van der Waals surface area contributed by atoms with Crippen LogP contribution >= 0.6 is 0 Å². The molecule has 3 rings (SSSR count). The molecule has 2 aliphatic rings. The summed E-state index contributed by atoms with van der Waals surface area (Å²) >= 11 is 0. The SMILES string of the molecule is O=C1CCCN1CCNC(=O)N1CCCCC[C@@H]1c1cccc(F)c1. The molecule has 2 saturated heterocycles. The van der Waals surface area contributed by atoms with Crippen LogP contribution in [0.15, 0.2) is 24.3 Å². The van der Waals surface area contributed by atoms with Crippen molar-refractivity contribution in [2.24, 2.45) is 0 Å². The summed E-state index contributed by atoms with van der Waals surface area (Å²) in [6.07, 6.45) is 5.44. The number of halogens is 1. The topological polar surface area (TPSA) is 52.7 Å². The Balaban J connectivity index is 1.62. The molecule has 5 nitrogen and oxygen atoms in total. The first-order valence-electron chi connectivity index (χ1n) is 9.23. The third kappa shape index (κ3) is 4.50. The van der Waals surface area contributed by atoms with Crippen molar-refractivity contribution in [1.29, 1.82) is 0 Å². The zero-order chi connectivity index (χ0) is 17.6. The molecule has 0 radical (unpaired) electrons. The van der Waals surface area contributed by atoms with Crippen molar-refractivity contribution in [2.75, 3.05) is 26.2 Å². The molecular weight excluding hydrogens is 321 g/mol. The Morgan fingerprint density at radius 1 is 1.20 bits per heavy atom. The zero-order valence-corrected chi connectivity index (χ0v) is 14.5. The van der Waals surface area contributed by atoms with E-state index in [0.717, 1.165) is 44.2 Å². The smallest absolute Gasteiger partial charge is 0.317 e. The van der Waals surface area contributed by atoms with Gasteiger partial charge in [-0.3, -0.25) is 4.79 Å². The fourth-order valence-corrected chi connectivity index (χ4v) is 3.75. The summed E-state index contributed by atoms with van der Waals surface area (Å²) in [5.41, 5.74) is 0.853. The van der Waals surface area contributed by atoms with Crippen LogP contribution in [0.3, 0.4) is 0 Å². The molecule has 1 N–H and O–H groups in total. The first-order chi connectivity index (χ1) is 12.1. The first-order valence-corrected chi connectivity index (χ1v) is 9.23. The zero-order valence-electron chi connectivity index (χ0n) is 14.5. The highest BCUT2D eigenvalue weighted by Crippen LogP contribution is 2.30. The average molecular weight is 347 g/mol. The Bertz CT molecular complexity index is 622. The summed E-state index contributed by atoms with van der Waals surface area (Å²) in [7, 11) is 0. The van der Waals surface area contributed by atoms with Crippen molar-refractivity contribution in [3.8, 4) is 0 Å². The maximum Gasteiger partial charge on any atom is 0.317 e. The largest absolute Gasteiger partial charge is 0.341 e. The van der Waals surface area contributed by atoms with E-state index in [4.69, 9.17) is 0 Å². The van der Waals surface area contributed by atoms with E-state index in [1.165, 1.54) is 12.1 Å². The third-order valence-electron chi connectivity index (χ3n) is 5.08. The van der Waals surface area contributed by atoms with Gasteiger partial charge in [-0.2, -0.15) is 0 Å². The van der Waals surface area contributed by atoms with Gasteiger partial charge in [0.25, 0.3) is 0 Å². The van der Waals surface area contributed by atoms with Gasteiger partial charge in [-0.05, 0) is 37.0 Å². The molecule has 0 unspecified atom stereocenters. The molecule has 2 heterocycles. The van der Waals surface area contributed by atoms with Crippen LogP contribution in [0, 0.1) is 5.82 Å². The van der Waals surface area contributed by atoms with Gasteiger partial charge in [-0.25, -0.2) is 9.18 Å². The monoisotopic (exact) mass is 347 g/mol. The van der Waals surface area contributed by atoms with Crippen molar-refractivity contribution in [2.45, 2.75) is 44.6 Å². The second-order valence-electron chi connectivity index (χ2n) is 6.83. The van der Waals surface area contributed by atoms with Gasteiger partial charge in [0.05, 0.1) is 6.04 Å². The molecule has 0 aromatic heterocycles. The maximum atomic E-state index is 13.6. The summed E-state index contributed by atoms with van der Waals surface area (Å²) in [6.45, 7) is 2.47. The van der Waals surface area contributed by atoms with Crippen molar-refractivity contribution in [3.63, 3.8) is 0 Å². The molecule has 0 aliphatic carbocycles. The maximum absolute atomic E-state index is 13.6. The Morgan fingerprint density at radius 3 is 2.84 bits per heavy atom. The molecule has 2 fully saturated rings. The van der Waals surface area contributed by atoms with E-state index in [2.05, 4.69) is 5.32 Å². The number of rotatable bonds is 4. The fourth-order valence-electron chi connectivity index (χ4n) is 3.75. The Hall–Kier alpha value is -2.11. The van der Waals surface area contributed by atoms with E-state index in [9.17, 15) is 14.0 Å². The van der Waals surface area contributed by atoms with Crippen molar-refractivity contribution in [1.82, 2.24) is 15.1 Å². The fraction of sp³-hybridized carbons (Fsp3) is 0.579. The minimum Gasteiger partial charge on any atom is -0.341 e. The van der Waals surface area contributed by atoms with Crippen LogP contribution in [-0.2, 0) is 4.79 Å². The summed E-state index contributed by atoms with van der Waals surface area (Å²) in [5, 5.41) is 2.94. The van der Waals surface area contributed by atoms with Crippen LogP contribution in [-0.4, -0.2) is 47.9 Å². The van der Waals surface area contributed by atoms with Gasteiger partial charge in [0.1, 0.15) is 5.82 Å². The number of hydrogen-bond donors (Lipinski definition) is 1. The lowest BCUT2D eigenvalue weighted by Crippen LogP contribution is -2.44. The van der Waals surface area contributed by atoms with E-state index < -0.39 is 0 Å². The number of nitrogens with zero attached hydrogens (tertiary/aromatic N) is 2. The lowest BCUT2D eigenvalue weighted by Gasteiger charge is -2.31. The molecule has 1 aromatic carbocycles. The lowest BCUT2D eigenvalue weighted by atomic mass is 10.0. The van der Waals surface area contributed by atoms with Gasteiger partial charge in [-0.1, -0.05) is 25.0 Å². The van der Waals surface area contributed by atoms with Gasteiger partial charge < -0.3 is 15.1 Å². The van der Waals surface area contributed by atoms with Gasteiger partial charge in [0.15, 0.2) is 0 Å². The highest BCUT2D eigenvalue weighted by molar-refractivity contribution is 5.78. The van der Waals surface area contributed by atoms with Crippen molar-refractivity contribution >= 4 is 11.9 Å². The predicted octanol–water partition coefficient (Wildman–Crippen LogP) is 3.07. The molecule has 0 bridgehead atoms. The molecule has 0 spiro atoms. The molecule has 1 aromatic rings. The van der Waals surface area contributed by atoms with Crippen LogP contribution in [0.1, 0.15) is 50.1 Å². The second kappa shape index (κ2) is 8.32. The van der Waals surface area contributed by atoms with Gasteiger partial charge in [0, 0.05) is 32.6 Å². The first kappa shape index (κ1) is 17.7. The van der Waals surface area contributed by atoms with Gasteiger partial charge in [0.2, 0.25) is 5.91 Å². The Kier molecular flexibility index (Phi) is 5.89. The van der Waals surface area contributed by atoms with E-state index >= 15 is 0 Å². The number of nitrogens with one attached hydrogen (secondary N) is 1. The third-order valence-corrected chi connectivity index (χ3v) is 5.08. The Labute approximate surface area is 148 Å². The minimum atomic E-state index is -0.269. The van der Waals surface area contributed by atoms with Gasteiger partial charge in [-0.15, -0.1) is 0 Å². The number of urea groups is 1. The predicted molar refractivity (Wildman–Crippen MR) is 93.5 cm³/mol. The van der Waals surface area contributed by atoms with Crippen molar-refractivity contribution in [3.05, 3.63) is 35.6 Å². The minimum absolute atomic E-state index is 0.0911. The van der Waals surface area contributed by atoms with E-state index in [-0.39, 0.29) is 23.8 Å². The lowest BCUT2D eigenvalue weighted by molar-refractivity contribution is -0.127. The summed E-state index contributed by atoms with van der Waals surface area (Å²) in [5.74, 6) is -0.101. The van der Waals surface area contributed by atoms with Crippen LogP contribution in [0.5, 0.6) is 0 Å². The summed E-state index contributed by atoms with van der Waals surface area (Å²) in [6, 6.07) is 6.33. The summed E-state index contributed by atoms with van der Waals surface area (Å²) < 4.78 is 13.6. The van der Waals surface area contributed by atoms with Crippen LogP contribution in [0.25, 0.3) is 0 Å². The number of carbonyl (C=O) groups is 2. The van der Waals surface area contributed by atoms with Crippen LogP contribution in [0.2, 0.25) is 0 Å². The van der Waals surface area contributed by atoms with Crippen LogP contribution < -0.4 is 5.32 Å².